The molecule has 0 saturated heterocycles. The number of hydrogen-bond donors (Lipinski definition) is 4. The summed E-state index contributed by atoms with van der Waals surface area (Å²) in [5.74, 6) is 0.466. The molecule has 12 nitrogen and oxygen atoms in total. The predicted molar refractivity (Wildman–Crippen MR) is 130 cm³/mol. The molecule has 176 valence electrons. The first-order valence-corrected chi connectivity index (χ1v) is 10.6. The Balaban J connectivity index is 1.58. The summed E-state index contributed by atoms with van der Waals surface area (Å²) in [7, 11) is 1.76. The molecule has 2 amide bonds. The number of nitrogen functional groups attached to an aromatic ring is 1. The zero-order chi connectivity index (χ0) is 24.9. The Morgan fingerprint density at radius 3 is 2.57 bits per heavy atom. The van der Waals surface area contributed by atoms with Gasteiger partial charge >= 0.3 is 0 Å². The first-order chi connectivity index (χ1) is 16.8. The SMILES string of the molecule is CNc1cc(-n2nc(C)cc2Nc2cc(-n3c(N)c4c(cc3=O)C(=O)NC4=O)ccc2C)ncn1. The molecule has 4 heterocycles. The van der Waals surface area contributed by atoms with E-state index < -0.39 is 17.4 Å². The van der Waals surface area contributed by atoms with Crippen LogP contribution in [0.5, 0.6) is 0 Å². The number of fused-ring (bicyclic) bond motifs is 1. The summed E-state index contributed by atoms with van der Waals surface area (Å²) >= 11 is 0. The summed E-state index contributed by atoms with van der Waals surface area (Å²) in [6.45, 7) is 3.77. The smallest absolute Gasteiger partial charge is 0.262 e. The zero-order valence-corrected chi connectivity index (χ0v) is 19.1. The van der Waals surface area contributed by atoms with Crippen LogP contribution in [-0.4, -0.2) is 43.2 Å². The molecular weight excluding hydrogens is 450 g/mol. The normalized spacial score (nSPS) is 12.4. The molecule has 0 saturated carbocycles. The number of imide groups is 1. The maximum atomic E-state index is 12.8. The van der Waals surface area contributed by atoms with Crippen molar-refractivity contribution in [2.45, 2.75) is 13.8 Å². The van der Waals surface area contributed by atoms with Gasteiger partial charge in [-0.1, -0.05) is 6.07 Å². The monoisotopic (exact) mass is 471 g/mol. The van der Waals surface area contributed by atoms with Crippen LogP contribution in [0.2, 0.25) is 0 Å². The fourth-order valence-corrected chi connectivity index (χ4v) is 3.93. The van der Waals surface area contributed by atoms with E-state index in [-0.39, 0.29) is 16.9 Å². The van der Waals surface area contributed by atoms with E-state index in [1.165, 1.54) is 10.9 Å². The minimum atomic E-state index is -0.637. The van der Waals surface area contributed by atoms with Crippen LogP contribution in [0.4, 0.5) is 23.1 Å². The van der Waals surface area contributed by atoms with Gasteiger partial charge < -0.3 is 16.4 Å². The van der Waals surface area contributed by atoms with Gasteiger partial charge in [-0.05, 0) is 31.5 Å². The highest BCUT2D eigenvalue weighted by Crippen LogP contribution is 2.28. The molecule has 35 heavy (non-hydrogen) atoms. The lowest BCUT2D eigenvalue weighted by atomic mass is 10.1. The maximum absolute atomic E-state index is 12.8. The van der Waals surface area contributed by atoms with Crippen LogP contribution in [0.15, 0.2) is 47.5 Å². The first kappa shape index (κ1) is 21.8. The van der Waals surface area contributed by atoms with Gasteiger partial charge in [-0.15, -0.1) is 0 Å². The average Bonchev–Trinajstić information content (AvgIpc) is 3.33. The number of anilines is 4. The van der Waals surface area contributed by atoms with E-state index >= 15 is 0 Å². The Hall–Kier alpha value is -5.00. The number of rotatable bonds is 5. The Labute approximate surface area is 198 Å². The van der Waals surface area contributed by atoms with Gasteiger partial charge in [-0.25, -0.2) is 9.97 Å². The Bertz CT molecular complexity index is 1590. The minimum Gasteiger partial charge on any atom is -0.384 e. The van der Waals surface area contributed by atoms with E-state index in [0.29, 0.717) is 28.8 Å². The lowest BCUT2D eigenvalue weighted by Crippen LogP contribution is -2.24. The number of nitrogens with one attached hydrogen (secondary N) is 3. The zero-order valence-electron chi connectivity index (χ0n) is 19.1. The number of nitrogens with two attached hydrogens (primary N) is 1. The van der Waals surface area contributed by atoms with E-state index in [9.17, 15) is 14.4 Å². The average molecular weight is 471 g/mol. The minimum absolute atomic E-state index is 0.0116. The van der Waals surface area contributed by atoms with Crippen molar-refractivity contribution in [2.24, 2.45) is 0 Å². The van der Waals surface area contributed by atoms with Gasteiger partial charge in [0.1, 0.15) is 23.8 Å². The van der Waals surface area contributed by atoms with Crippen LogP contribution in [0, 0.1) is 13.8 Å². The fraction of sp³-hybridized carbons (Fsp3) is 0.130. The van der Waals surface area contributed by atoms with E-state index in [4.69, 9.17) is 5.73 Å². The summed E-state index contributed by atoms with van der Waals surface area (Å²) in [4.78, 5) is 45.5. The molecule has 1 aliphatic rings. The number of pyridine rings is 1. The van der Waals surface area contributed by atoms with E-state index in [2.05, 4.69) is 31.0 Å². The molecule has 4 aromatic rings. The van der Waals surface area contributed by atoms with Crippen molar-refractivity contribution in [3.8, 4) is 11.5 Å². The van der Waals surface area contributed by atoms with Gasteiger partial charge in [0.15, 0.2) is 5.82 Å². The lowest BCUT2D eigenvalue weighted by Gasteiger charge is -2.16. The van der Waals surface area contributed by atoms with E-state index in [1.807, 2.05) is 26.0 Å². The lowest BCUT2D eigenvalue weighted by molar-refractivity contribution is 0.0880. The van der Waals surface area contributed by atoms with Crippen LogP contribution in [0.3, 0.4) is 0 Å². The predicted octanol–water partition coefficient (Wildman–Crippen LogP) is 1.68. The highest BCUT2D eigenvalue weighted by molar-refractivity contribution is 6.23. The van der Waals surface area contributed by atoms with Crippen LogP contribution in [0.1, 0.15) is 32.0 Å². The van der Waals surface area contributed by atoms with Gasteiger partial charge in [0, 0.05) is 30.9 Å². The Kier molecular flexibility index (Phi) is 5.05. The summed E-state index contributed by atoms with van der Waals surface area (Å²) in [5.41, 5.74) is 8.39. The highest BCUT2D eigenvalue weighted by atomic mass is 16.2. The van der Waals surface area contributed by atoms with E-state index in [0.717, 1.165) is 17.3 Å². The van der Waals surface area contributed by atoms with Gasteiger partial charge in [-0.2, -0.15) is 9.78 Å². The van der Waals surface area contributed by atoms with Crippen molar-refractivity contribution in [3.63, 3.8) is 0 Å². The quantitative estimate of drug-likeness (QED) is 0.317. The highest BCUT2D eigenvalue weighted by Gasteiger charge is 2.31. The third-order valence-electron chi connectivity index (χ3n) is 5.65. The number of aryl methyl sites for hydroxylation is 2. The third-order valence-corrected chi connectivity index (χ3v) is 5.65. The number of carbonyl (C=O) groups is 2. The number of carbonyl (C=O) groups excluding carboxylic acids is 2. The third kappa shape index (κ3) is 3.66. The number of aromatic nitrogens is 5. The summed E-state index contributed by atoms with van der Waals surface area (Å²) in [5, 5.41) is 13.0. The molecule has 0 radical (unpaired) electrons. The summed E-state index contributed by atoms with van der Waals surface area (Å²) in [6, 6.07) is 10.0. The molecule has 0 aliphatic carbocycles. The van der Waals surface area contributed by atoms with Crippen LogP contribution >= 0.6 is 0 Å². The van der Waals surface area contributed by atoms with Crippen molar-refractivity contribution in [2.75, 3.05) is 23.4 Å². The summed E-state index contributed by atoms with van der Waals surface area (Å²) in [6.07, 6.45) is 1.44. The molecule has 0 bridgehead atoms. The van der Waals surface area contributed by atoms with Crippen LogP contribution in [-0.2, 0) is 0 Å². The Morgan fingerprint density at radius 2 is 1.80 bits per heavy atom. The van der Waals surface area contributed by atoms with Gasteiger partial charge in [0.05, 0.1) is 22.5 Å². The second kappa shape index (κ2) is 8.09. The molecule has 0 fully saturated rings. The number of benzene rings is 1. The molecule has 0 atom stereocenters. The second-order valence-electron chi connectivity index (χ2n) is 7.99. The molecule has 3 aromatic heterocycles. The summed E-state index contributed by atoms with van der Waals surface area (Å²) < 4.78 is 2.85. The maximum Gasteiger partial charge on any atom is 0.262 e. The molecule has 0 spiro atoms. The number of amides is 2. The molecule has 12 heteroatoms. The largest absolute Gasteiger partial charge is 0.384 e. The van der Waals surface area contributed by atoms with Gasteiger partial charge in [-0.3, -0.25) is 24.3 Å². The van der Waals surface area contributed by atoms with Crippen molar-refractivity contribution in [1.29, 1.82) is 0 Å². The Morgan fingerprint density at radius 1 is 1.00 bits per heavy atom. The van der Waals surface area contributed by atoms with Crippen LogP contribution < -0.4 is 27.2 Å². The van der Waals surface area contributed by atoms with Crippen molar-refractivity contribution < 1.29 is 9.59 Å². The number of nitrogens with zero attached hydrogens (tertiary/aromatic N) is 5. The van der Waals surface area contributed by atoms with Gasteiger partial charge in [0.2, 0.25) is 0 Å². The molecule has 0 unspecified atom stereocenters. The van der Waals surface area contributed by atoms with E-state index in [1.54, 1.807) is 29.9 Å². The fourth-order valence-electron chi connectivity index (χ4n) is 3.93. The number of hydrogen-bond acceptors (Lipinski definition) is 9. The molecule has 5 rings (SSSR count). The molecule has 1 aromatic carbocycles. The molecule has 1 aliphatic heterocycles. The first-order valence-electron chi connectivity index (χ1n) is 10.6. The van der Waals surface area contributed by atoms with Gasteiger partial charge in [0.25, 0.3) is 17.4 Å². The van der Waals surface area contributed by atoms with Crippen molar-refractivity contribution in [3.05, 3.63) is 75.5 Å². The molecular formula is C23H21N9O3. The topological polar surface area (TPSA) is 162 Å². The van der Waals surface area contributed by atoms with Crippen molar-refractivity contribution >= 4 is 35.0 Å². The standard InChI is InChI=1S/C23H21N9O3/c1-11-4-5-13(31-19(33)8-14-20(21(31)24)23(35)29-22(14)34)7-15(11)28-18-6-12(2)30-32(18)17-9-16(25-3)26-10-27-17/h4-10,28H,24H2,1-3H3,(H,25,26,27)(H,29,34,35). The molecule has 5 N–H and O–H groups in total. The second-order valence-corrected chi connectivity index (χ2v) is 7.99. The van der Waals surface area contributed by atoms with Crippen molar-refractivity contribution in [1.82, 2.24) is 29.6 Å². The van der Waals surface area contributed by atoms with Crippen LogP contribution in [0.25, 0.3) is 11.5 Å².